The predicted molar refractivity (Wildman–Crippen MR) is 69.5 cm³/mol. The van der Waals surface area contributed by atoms with Gasteiger partial charge in [0, 0.05) is 11.8 Å². The molecule has 15 heavy (non-hydrogen) atoms. The molecule has 0 aliphatic carbocycles. The van der Waals surface area contributed by atoms with Crippen molar-refractivity contribution in [3.8, 4) is 0 Å². The molecular weight excluding hydrogens is 228 g/mol. The molecule has 0 radical (unpaired) electrons. The fraction of sp³-hybridized carbons (Fsp3) is 0.900. The van der Waals surface area contributed by atoms with Gasteiger partial charge in [0.25, 0.3) is 0 Å². The molecule has 1 unspecified atom stereocenters. The lowest BCUT2D eigenvalue weighted by Crippen LogP contribution is -2.47. The second-order valence-corrected chi connectivity index (χ2v) is 5.95. The van der Waals surface area contributed by atoms with Crippen molar-refractivity contribution in [3.05, 3.63) is 0 Å². The first kappa shape index (κ1) is 13.2. The van der Waals surface area contributed by atoms with Gasteiger partial charge in [-0.05, 0) is 37.0 Å². The van der Waals surface area contributed by atoms with Crippen LogP contribution in [0.1, 0.15) is 19.3 Å². The van der Waals surface area contributed by atoms with E-state index in [4.69, 9.17) is 5.73 Å². The highest BCUT2D eigenvalue weighted by molar-refractivity contribution is 7.99. The minimum atomic E-state index is -0.329. The van der Waals surface area contributed by atoms with Gasteiger partial charge in [0.2, 0.25) is 5.91 Å². The number of nitrogens with one attached hydrogen (secondary N) is 1. The first-order valence-corrected chi connectivity index (χ1v) is 7.91. The Morgan fingerprint density at radius 2 is 2.53 bits per heavy atom. The number of hydrogen-bond donors (Lipinski definition) is 2. The Morgan fingerprint density at radius 1 is 1.73 bits per heavy atom. The van der Waals surface area contributed by atoms with Crippen molar-refractivity contribution in [2.75, 3.05) is 23.5 Å². The van der Waals surface area contributed by atoms with Gasteiger partial charge in [-0.25, -0.2) is 0 Å². The summed E-state index contributed by atoms with van der Waals surface area (Å²) in [6, 6.07) is 0.0148. The SMILES string of the molecule is CSCC[C@H](N)C(=O)NC1CCCSC1. The van der Waals surface area contributed by atoms with Crippen molar-refractivity contribution < 1.29 is 4.79 Å². The highest BCUT2D eigenvalue weighted by Crippen LogP contribution is 2.16. The van der Waals surface area contributed by atoms with E-state index in [2.05, 4.69) is 5.32 Å². The number of hydrogen-bond acceptors (Lipinski definition) is 4. The van der Waals surface area contributed by atoms with Crippen LogP contribution >= 0.6 is 23.5 Å². The summed E-state index contributed by atoms with van der Waals surface area (Å²) >= 11 is 3.64. The molecule has 1 aliphatic heterocycles. The maximum Gasteiger partial charge on any atom is 0.237 e. The summed E-state index contributed by atoms with van der Waals surface area (Å²) in [5, 5.41) is 3.03. The van der Waals surface area contributed by atoms with Crippen LogP contribution in [-0.4, -0.2) is 41.5 Å². The Hall–Kier alpha value is 0.130. The molecule has 0 aromatic rings. The average Bonchev–Trinajstić information content (AvgIpc) is 2.27. The summed E-state index contributed by atoms with van der Waals surface area (Å²) in [7, 11) is 0. The van der Waals surface area contributed by atoms with Gasteiger partial charge < -0.3 is 11.1 Å². The van der Waals surface area contributed by atoms with Crippen LogP contribution in [0.15, 0.2) is 0 Å². The summed E-state index contributed by atoms with van der Waals surface area (Å²) in [5.74, 6) is 3.25. The van der Waals surface area contributed by atoms with Gasteiger partial charge >= 0.3 is 0 Å². The van der Waals surface area contributed by atoms with Gasteiger partial charge in [-0.15, -0.1) is 0 Å². The molecule has 0 aromatic heterocycles. The monoisotopic (exact) mass is 248 g/mol. The first-order chi connectivity index (χ1) is 7.24. The van der Waals surface area contributed by atoms with E-state index in [1.165, 1.54) is 12.2 Å². The summed E-state index contributed by atoms with van der Waals surface area (Å²) in [6.45, 7) is 0. The minimum Gasteiger partial charge on any atom is -0.351 e. The standard InChI is InChI=1S/C10H20N2OS2/c1-14-6-4-9(11)10(13)12-8-3-2-5-15-7-8/h8-9H,2-7,11H2,1H3,(H,12,13)/t8?,9-/m0/s1. The molecule has 2 atom stereocenters. The lowest BCUT2D eigenvalue weighted by atomic mass is 10.1. The normalized spacial score (nSPS) is 23.5. The molecule has 1 rings (SSSR count). The lowest BCUT2D eigenvalue weighted by molar-refractivity contribution is -0.123. The molecule has 88 valence electrons. The zero-order valence-electron chi connectivity index (χ0n) is 9.20. The van der Waals surface area contributed by atoms with Crippen molar-refractivity contribution in [2.24, 2.45) is 5.73 Å². The Kier molecular flexibility index (Phi) is 6.52. The number of carbonyl (C=O) groups excluding carboxylic acids is 1. The summed E-state index contributed by atoms with van der Waals surface area (Å²) in [5.41, 5.74) is 5.79. The maximum atomic E-state index is 11.7. The van der Waals surface area contributed by atoms with Gasteiger partial charge in [0.1, 0.15) is 0 Å². The topological polar surface area (TPSA) is 55.1 Å². The van der Waals surface area contributed by atoms with Gasteiger partial charge in [-0.3, -0.25) is 4.79 Å². The summed E-state index contributed by atoms with van der Waals surface area (Å²) in [6.07, 6.45) is 5.11. The van der Waals surface area contributed by atoms with Crippen molar-refractivity contribution >= 4 is 29.4 Å². The predicted octanol–water partition coefficient (Wildman–Crippen LogP) is 1.08. The van der Waals surface area contributed by atoms with E-state index in [1.807, 2.05) is 18.0 Å². The van der Waals surface area contributed by atoms with Crippen LogP contribution in [0.2, 0.25) is 0 Å². The molecule has 0 bridgehead atoms. The van der Waals surface area contributed by atoms with Crippen LogP contribution < -0.4 is 11.1 Å². The molecule has 5 heteroatoms. The van der Waals surface area contributed by atoms with Crippen molar-refractivity contribution in [3.63, 3.8) is 0 Å². The summed E-state index contributed by atoms with van der Waals surface area (Å²) < 4.78 is 0. The molecule has 1 fully saturated rings. The van der Waals surface area contributed by atoms with Crippen LogP contribution in [0.4, 0.5) is 0 Å². The van der Waals surface area contributed by atoms with E-state index in [0.29, 0.717) is 6.04 Å². The Bertz CT molecular complexity index is 196. The largest absolute Gasteiger partial charge is 0.351 e. The molecule has 1 saturated heterocycles. The molecular formula is C10H20N2OS2. The first-order valence-electron chi connectivity index (χ1n) is 5.36. The zero-order valence-corrected chi connectivity index (χ0v) is 10.8. The Labute approximate surface area is 100 Å². The number of nitrogens with two attached hydrogens (primary N) is 1. The van der Waals surface area contributed by atoms with Gasteiger partial charge in [-0.2, -0.15) is 23.5 Å². The number of thioether (sulfide) groups is 2. The molecule has 0 spiro atoms. The van der Waals surface area contributed by atoms with Gasteiger partial charge in [0.15, 0.2) is 0 Å². The average molecular weight is 248 g/mol. The van der Waals surface area contributed by atoms with Crippen LogP contribution in [0.25, 0.3) is 0 Å². The quantitative estimate of drug-likeness (QED) is 0.764. The van der Waals surface area contributed by atoms with Crippen molar-refractivity contribution in [1.82, 2.24) is 5.32 Å². The molecule has 1 heterocycles. The molecule has 0 aromatic carbocycles. The van der Waals surface area contributed by atoms with Crippen LogP contribution in [0, 0.1) is 0 Å². The lowest BCUT2D eigenvalue weighted by Gasteiger charge is -2.24. The van der Waals surface area contributed by atoms with E-state index >= 15 is 0 Å². The number of rotatable bonds is 5. The van der Waals surface area contributed by atoms with Crippen molar-refractivity contribution in [2.45, 2.75) is 31.3 Å². The number of carbonyl (C=O) groups is 1. The Balaban J connectivity index is 2.20. The fourth-order valence-electron chi connectivity index (χ4n) is 1.54. The second kappa shape index (κ2) is 7.41. The third-order valence-corrected chi connectivity index (χ3v) is 4.34. The summed E-state index contributed by atoms with van der Waals surface area (Å²) in [4.78, 5) is 11.7. The van der Waals surface area contributed by atoms with Crippen molar-refractivity contribution in [1.29, 1.82) is 0 Å². The smallest absolute Gasteiger partial charge is 0.237 e. The van der Waals surface area contributed by atoms with Gasteiger partial charge in [-0.1, -0.05) is 0 Å². The highest BCUT2D eigenvalue weighted by Gasteiger charge is 2.19. The van der Waals surface area contributed by atoms with E-state index in [0.717, 1.165) is 24.3 Å². The van der Waals surface area contributed by atoms with E-state index in [9.17, 15) is 4.79 Å². The fourth-order valence-corrected chi connectivity index (χ4v) is 3.10. The highest BCUT2D eigenvalue weighted by atomic mass is 32.2. The third-order valence-electron chi connectivity index (χ3n) is 2.48. The molecule has 3 nitrogen and oxygen atoms in total. The van der Waals surface area contributed by atoms with Crippen LogP contribution in [0.5, 0.6) is 0 Å². The van der Waals surface area contributed by atoms with E-state index < -0.39 is 0 Å². The number of amides is 1. The molecule has 3 N–H and O–H groups in total. The third kappa shape index (κ3) is 5.13. The van der Waals surface area contributed by atoms with E-state index in [1.54, 1.807) is 11.8 Å². The molecule has 1 aliphatic rings. The second-order valence-electron chi connectivity index (χ2n) is 3.81. The van der Waals surface area contributed by atoms with E-state index in [-0.39, 0.29) is 11.9 Å². The van der Waals surface area contributed by atoms with Crippen LogP contribution in [-0.2, 0) is 4.79 Å². The zero-order chi connectivity index (χ0) is 11.1. The minimum absolute atomic E-state index is 0.0246. The van der Waals surface area contributed by atoms with Crippen LogP contribution in [0.3, 0.4) is 0 Å². The molecule has 1 amide bonds. The maximum absolute atomic E-state index is 11.7. The van der Waals surface area contributed by atoms with Gasteiger partial charge in [0.05, 0.1) is 6.04 Å². The Morgan fingerprint density at radius 3 is 3.13 bits per heavy atom. The molecule has 0 saturated carbocycles.